The molecule has 0 unspecified atom stereocenters. The van der Waals surface area contributed by atoms with Crippen LogP contribution in [0.3, 0.4) is 0 Å². The van der Waals surface area contributed by atoms with E-state index in [1.165, 1.54) is 24.1 Å². The van der Waals surface area contributed by atoms with Crippen molar-refractivity contribution in [2.75, 3.05) is 25.0 Å². The van der Waals surface area contributed by atoms with Crippen molar-refractivity contribution in [1.29, 1.82) is 0 Å². The van der Waals surface area contributed by atoms with Gasteiger partial charge in [-0.1, -0.05) is 0 Å². The molecule has 2 N–H and O–H groups in total. The zero-order chi connectivity index (χ0) is 13.7. The van der Waals surface area contributed by atoms with E-state index in [0.29, 0.717) is 0 Å². The Morgan fingerprint density at radius 3 is 2.68 bits per heavy atom. The van der Waals surface area contributed by atoms with Gasteiger partial charge in [0.1, 0.15) is 5.75 Å². The highest BCUT2D eigenvalue weighted by molar-refractivity contribution is 5.53. The standard InChI is InChI=1S/C16H26N2O/c1-12(2)19-15-4-5-16(13(3)10-15)18-11-14-6-8-17-9-7-14/h4-5,10,12,14,17-18H,6-9,11H2,1-3H3. The maximum Gasteiger partial charge on any atom is 0.120 e. The molecule has 1 aromatic carbocycles. The van der Waals surface area contributed by atoms with Crippen molar-refractivity contribution < 1.29 is 4.74 Å². The van der Waals surface area contributed by atoms with E-state index in [1.807, 2.05) is 0 Å². The number of aryl methyl sites for hydroxylation is 1. The van der Waals surface area contributed by atoms with Crippen molar-refractivity contribution in [3.8, 4) is 5.75 Å². The Morgan fingerprint density at radius 2 is 2.05 bits per heavy atom. The van der Waals surface area contributed by atoms with Crippen LogP contribution in [0.1, 0.15) is 32.3 Å². The first-order valence-electron chi connectivity index (χ1n) is 7.37. The van der Waals surface area contributed by atoms with Crippen LogP contribution in [0.2, 0.25) is 0 Å². The van der Waals surface area contributed by atoms with E-state index in [0.717, 1.165) is 31.3 Å². The Hall–Kier alpha value is -1.22. The first kappa shape index (κ1) is 14.2. The highest BCUT2D eigenvalue weighted by Crippen LogP contribution is 2.23. The topological polar surface area (TPSA) is 33.3 Å². The lowest BCUT2D eigenvalue weighted by Crippen LogP contribution is -2.31. The number of benzene rings is 1. The average Bonchev–Trinajstić information content (AvgIpc) is 2.38. The lowest BCUT2D eigenvalue weighted by atomic mass is 9.98. The van der Waals surface area contributed by atoms with Gasteiger partial charge in [0.25, 0.3) is 0 Å². The van der Waals surface area contributed by atoms with Crippen molar-refractivity contribution >= 4 is 5.69 Å². The van der Waals surface area contributed by atoms with Gasteiger partial charge >= 0.3 is 0 Å². The molecule has 0 aliphatic carbocycles. The van der Waals surface area contributed by atoms with Crippen LogP contribution in [0.15, 0.2) is 18.2 Å². The summed E-state index contributed by atoms with van der Waals surface area (Å²) in [5.74, 6) is 1.76. The molecule has 106 valence electrons. The summed E-state index contributed by atoms with van der Waals surface area (Å²) < 4.78 is 5.71. The predicted molar refractivity (Wildman–Crippen MR) is 81.0 cm³/mol. The lowest BCUT2D eigenvalue weighted by Gasteiger charge is -2.23. The van der Waals surface area contributed by atoms with Crippen LogP contribution < -0.4 is 15.4 Å². The summed E-state index contributed by atoms with van der Waals surface area (Å²) >= 11 is 0. The Kier molecular flexibility index (Phi) is 5.08. The molecule has 1 saturated heterocycles. The third kappa shape index (κ3) is 4.43. The lowest BCUT2D eigenvalue weighted by molar-refractivity contribution is 0.242. The third-order valence-electron chi connectivity index (χ3n) is 3.61. The monoisotopic (exact) mass is 262 g/mol. The molecule has 1 heterocycles. The van der Waals surface area contributed by atoms with Crippen LogP contribution in [-0.4, -0.2) is 25.7 Å². The summed E-state index contributed by atoms with van der Waals surface area (Å²) in [5.41, 5.74) is 2.49. The summed E-state index contributed by atoms with van der Waals surface area (Å²) in [6.45, 7) is 9.64. The molecule has 0 radical (unpaired) electrons. The molecule has 2 rings (SSSR count). The minimum absolute atomic E-state index is 0.230. The summed E-state index contributed by atoms with van der Waals surface area (Å²) in [5, 5.41) is 6.99. The second kappa shape index (κ2) is 6.80. The van der Waals surface area contributed by atoms with Gasteiger partial charge in [0, 0.05) is 12.2 Å². The molecule has 0 aromatic heterocycles. The van der Waals surface area contributed by atoms with Crippen molar-refractivity contribution in [2.45, 2.75) is 39.7 Å². The van der Waals surface area contributed by atoms with Gasteiger partial charge in [-0.25, -0.2) is 0 Å². The third-order valence-corrected chi connectivity index (χ3v) is 3.61. The van der Waals surface area contributed by atoms with E-state index >= 15 is 0 Å². The van der Waals surface area contributed by atoms with E-state index in [9.17, 15) is 0 Å². The van der Waals surface area contributed by atoms with E-state index in [-0.39, 0.29) is 6.10 Å². The molecule has 1 aliphatic heterocycles. The van der Waals surface area contributed by atoms with Crippen LogP contribution in [0, 0.1) is 12.8 Å². The molecule has 1 aliphatic rings. The number of piperidine rings is 1. The Balaban J connectivity index is 1.89. The number of anilines is 1. The van der Waals surface area contributed by atoms with Gasteiger partial charge in [-0.15, -0.1) is 0 Å². The number of ether oxygens (including phenoxy) is 1. The zero-order valence-corrected chi connectivity index (χ0v) is 12.3. The van der Waals surface area contributed by atoms with Gasteiger partial charge in [0.05, 0.1) is 6.10 Å². The summed E-state index contributed by atoms with van der Waals surface area (Å²) in [7, 11) is 0. The molecule has 3 heteroatoms. The number of rotatable bonds is 5. The summed E-state index contributed by atoms with van der Waals surface area (Å²) in [4.78, 5) is 0. The molecule has 1 fully saturated rings. The second-order valence-electron chi connectivity index (χ2n) is 5.72. The maximum absolute atomic E-state index is 5.71. The molecule has 1 aromatic rings. The highest BCUT2D eigenvalue weighted by atomic mass is 16.5. The van der Waals surface area contributed by atoms with Crippen LogP contribution >= 0.6 is 0 Å². The highest BCUT2D eigenvalue weighted by Gasteiger charge is 2.12. The fourth-order valence-corrected chi connectivity index (χ4v) is 2.52. The van der Waals surface area contributed by atoms with E-state index < -0.39 is 0 Å². The molecule has 0 atom stereocenters. The van der Waals surface area contributed by atoms with Gasteiger partial charge in [0.2, 0.25) is 0 Å². The van der Waals surface area contributed by atoms with E-state index in [4.69, 9.17) is 4.74 Å². The predicted octanol–water partition coefficient (Wildman–Crippen LogP) is 3.19. The molecule has 0 bridgehead atoms. The van der Waals surface area contributed by atoms with Gasteiger partial charge in [-0.3, -0.25) is 0 Å². The first-order valence-corrected chi connectivity index (χ1v) is 7.37. The van der Waals surface area contributed by atoms with Crippen molar-refractivity contribution in [3.63, 3.8) is 0 Å². The molecular formula is C16H26N2O. The van der Waals surface area contributed by atoms with Crippen LogP contribution in [0.4, 0.5) is 5.69 Å². The Bertz CT molecular complexity index is 398. The Labute approximate surface area is 116 Å². The Morgan fingerprint density at radius 1 is 1.32 bits per heavy atom. The van der Waals surface area contributed by atoms with Crippen LogP contribution in [-0.2, 0) is 0 Å². The van der Waals surface area contributed by atoms with Crippen molar-refractivity contribution in [1.82, 2.24) is 5.32 Å². The quantitative estimate of drug-likeness (QED) is 0.855. The molecular weight excluding hydrogens is 236 g/mol. The van der Waals surface area contributed by atoms with E-state index in [2.05, 4.69) is 49.6 Å². The van der Waals surface area contributed by atoms with Gasteiger partial charge in [-0.05, 0) is 76.4 Å². The van der Waals surface area contributed by atoms with Gasteiger partial charge < -0.3 is 15.4 Å². The first-order chi connectivity index (χ1) is 9.15. The summed E-state index contributed by atoms with van der Waals surface area (Å²) in [6.07, 6.45) is 2.79. The summed E-state index contributed by atoms with van der Waals surface area (Å²) in [6, 6.07) is 6.30. The van der Waals surface area contributed by atoms with Crippen LogP contribution in [0.25, 0.3) is 0 Å². The van der Waals surface area contributed by atoms with Gasteiger partial charge in [-0.2, -0.15) is 0 Å². The van der Waals surface area contributed by atoms with Crippen molar-refractivity contribution in [2.24, 2.45) is 5.92 Å². The minimum Gasteiger partial charge on any atom is -0.491 e. The minimum atomic E-state index is 0.230. The smallest absolute Gasteiger partial charge is 0.120 e. The van der Waals surface area contributed by atoms with Crippen molar-refractivity contribution in [3.05, 3.63) is 23.8 Å². The van der Waals surface area contributed by atoms with Crippen LogP contribution in [0.5, 0.6) is 5.75 Å². The molecule has 3 nitrogen and oxygen atoms in total. The zero-order valence-electron chi connectivity index (χ0n) is 12.3. The number of hydrogen-bond acceptors (Lipinski definition) is 3. The fourth-order valence-electron chi connectivity index (χ4n) is 2.52. The maximum atomic E-state index is 5.71. The molecule has 0 amide bonds. The number of nitrogens with one attached hydrogen (secondary N) is 2. The SMILES string of the molecule is Cc1cc(OC(C)C)ccc1NCC1CCNCC1. The largest absolute Gasteiger partial charge is 0.491 e. The molecule has 0 saturated carbocycles. The van der Waals surface area contributed by atoms with Gasteiger partial charge in [0.15, 0.2) is 0 Å². The average molecular weight is 262 g/mol. The normalized spacial score (nSPS) is 16.6. The number of hydrogen-bond donors (Lipinski definition) is 2. The molecule has 19 heavy (non-hydrogen) atoms. The van der Waals surface area contributed by atoms with E-state index in [1.54, 1.807) is 0 Å². The fraction of sp³-hybridized carbons (Fsp3) is 0.625. The second-order valence-corrected chi connectivity index (χ2v) is 5.72. The molecule has 0 spiro atoms.